The molecular formula is C9H13N5O. The smallest absolute Gasteiger partial charge is 0.156 e. The standard InChI is InChI=1S/C9H13N5O/c1-2-15-8(6-3-11-5-13-6)9-12-4-7(10)14-9/h3-5,8H,2,10H2,1H3,(H,11,13)(H,12,14). The molecule has 2 aromatic rings. The number of nitrogens with two attached hydrogens (primary N) is 1. The number of nitrogen functional groups attached to an aromatic ring is 1. The van der Waals surface area contributed by atoms with Crippen molar-refractivity contribution < 1.29 is 4.74 Å². The van der Waals surface area contributed by atoms with Crippen LogP contribution in [0.15, 0.2) is 18.7 Å². The highest BCUT2D eigenvalue weighted by Crippen LogP contribution is 2.21. The summed E-state index contributed by atoms with van der Waals surface area (Å²) in [5.41, 5.74) is 6.42. The Balaban J connectivity index is 2.27. The fourth-order valence-electron chi connectivity index (χ4n) is 1.38. The monoisotopic (exact) mass is 207 g/mol. The van der Waals surface area contributed by atoms with E-state index in [2.05, 4.69) is 19.9 Å². The van der Waals surface area contributed by atoms with Crippen molar-refractivity contribution in [3.63, 3.8) is 0 Å². The highest BCUT2D eigenvalue weighted by atomic mass is 16.5. The Hall–Kier alpha value is -1.82. The lowest BCUT2D eigenvalue weighted by molar-refractivity contribution is 0.0831. The van der Waals surface area contributed by atoms with Crippen LogP contribution < -0.4 is 5.73 Å². The molecule has 2 aromatic heterocycles. The van der Waals surface area contributed by atoms with Crippen molar-refractivity contribution in [3.8, 4) is 0 Å². The van der Waals surface area contributed by atoms with Crippen LogP contribution in [0.2, 0.25) is 0 Å². The van der Waals surface area contributed by atoms with Gasteiger partial charge >= 0.3 is 0 Å². The van der Waals surface area contributed by atoms with Gasteiger partial charge in [0, 0.05) is 6.61 Å². The number of H-pyrrole nitrogens is 2. The molecule has 6 nitrogen and oxygen atoms in total. The van der Waals surface area contributed by atoms with Gasteiger partial charge in [-0.3, -0.25) is 0 Å². The molecule has 80 valence electrons. The Morgan fingerprint density at radius 2 is 2.40 bits per heavy atom. The molecule has 0 bridgehead atoms. The van der Waals surface area contributed by atoms with Crippen LogP contribution >= 0.6 is 0 Å². The predicted octanol–water partition coefficient (Wildman–Crippen LogP) is 0.841. The van der Waals surface area contributed by atoms with Gasteiger partial charge in [0.1, 0.15) is 11.6 Å². The molecule has 1 unspecified atom stereocenters. The Bertz CT molecular complexity index is 408. The van der Waals surface area contributed by atoms with E-state index in [0.29, 0.717) is 18.2 Å². The molecule has 0 aliphatic heterocycles. The lowest BCUT2D eigenvalue weighted by Crippen LogP contribution is -2.08. The Labute approximate surface area is 86.9 Å². The van der Waals surface area contributed by atoms with Crippen molar-refractivity contribution in [2.24, 2.45) is 0 Å². The zero-order chi connectivity index (χ0) is 10.7. The van der Waals surface area contributed by atoms with Gasteiger partial charge in [0.15, 0.2) is 6.10 Å². The molecule has 4 N–H and O–H groups in total. The maximum absolute atomic E-state index is 5.57. The van der Waals surface area contributed by atoms with Gasteiger partial charge in [0.05, 0.1) is 24.4 Å². The molecule has 0 aromatic carbocycles. The van der Waals surface area contributed by atoms with Crippen LogP contribution in [-0.2, 0) is 4.74 Å². The average Bonchev–Trinajstić information content (AvgIpc) is 2.85. The highest BCUT2D eigenvalue weighted by molar-refractivity contribution is 5.27. The Morgan fingerprint density at radius 3 is 2.93 bits per heavy atom. The van der Waals surface area contributed by atoms with E-state index >= 15 is 0 Å². The Morgan fingerprint density at radius 1 is 1.53 bits per heavy atom. The third-order valence-electron chi connectivity index (χ3n) is 2.00. The third kappa shape index (κ3) is 1.99. The first-order chi connectivity index (χ1) is 7.31. The summed E-state index contributed by atoms with van der Waals surface area (Å²) in [6.45, 7) is 2.51. The molecule has 2 rings (SSSR count). The maximum atomic E-state index is 5.57. The first-order valence-electron chi connectivity index (χ1n) is 4.71. The average molecular weight is 207 g/mol. The van der Waals surface area contributed by atoms with Crippen LogP contribution in [0.1, 0.15) is 24.5 Å². The highest BCUT2D eigenvalue weighted by Gasteiger charge is 2.18. The number of ether oxygens (including phenoxy) is 1. The van der Waals surface area contributed by atoms with E-state index in [4.69, 9.17) is 10.5 Å². The summed E-state index contributed by atoms with van der Waals surface area (Å²) < 4.78 is 5.57. The van der Waals surface area contributed by atoms with Crippen LogP contribution in [0, 0.1) is 0 Å². The number of anilines is 1. The lowest BCUT2D eigenvalue weighted by atomic mass is 10.2. The zero-order valence-electron chi connectivity index (χ0n) is 8.40. The van der Waals surface area contributed by atoms with Crippen LogP contribution in [-0.4, -0.2) is 26.5 Å². The van der Waals surface area contributed by atoms with Gasteiger partial charge in [-0.05, 0) is 6.92 Å². The van der Waals surface area contributed by atoms with E-state index in [-0.39, 0.29) is 6.10 Å². The van der Waals surface area contributed by atoms with Crippen LogP contribution in [0.25, 0.3) is 0 Å². The molecule has 0 saturated carbocycles. The summed E-state index contributed by atoms with van der Waals surface area (Å²) in [5.74, 6) is 1.20. The SMILES string of the molecule is CCOC(c1cnc[nH]1)c1ncc(N)[nH]1. The van der Waals surface area contributed by atoms with Crippen LogP contribution in [0.4, 0.5) is 5.82 Å². The molecule has 0 fully saturated rings. The van der Waals surface area contributed by atoms with Gasteiger partial charge in [-0.15, -0.1) is 0 Å². The van der Waals surface area contributed by atoms with Gasteiger partial charge in [0.2, 0.25) is 0 Å². The molecule has 1 atom stereocenters. The number of nitrogens with one attached hydrogen (secondary N) is 2. The van der Waals surface area contributed by atoms with Gasteiger partial charge in [0.25, 0.3) is 0 Å². The molecule has 0 spiro atoms. The fourth-order valence-corrected chi connectivity index (χ4v) is 1.38. The molecular weight excluding hydrogens is 194 g/mol. The van der Waals surface area contributed by atoms with Crippen molar-refractivity contribution in [1.82, 2.24) is 19.9 Å². The molecule has 0 saturated heterocycles. The second-order valence-electron chi connectivity index (χ2n) is 3.07. The minimum Gasteiger partial charge on any atom is -0.384 e. The van der Waals surface area contributed by atoms with Crippen LogP contribution in [0.5, 0.6) is 0 Å². The largest absolute Gasteiger partial charge is 0.384 e. The number of nitrogens with zero attached hydrogens (tertiary/aromatic N) is 2. The van der Waals surface area contributed by atoms with Gasteiger partial charge in [-0.1, -0.05) is 0 Å². The van der Waals surface area contributed by atoms with E-state index in [1.807, 2.05) is 6.92 Å². The minimum atomic E-state index is -0.269. The van der Waals surface area contributed by atoms with Crippen molar-refractivity contribution in [3.05, 3.63) is 30.2 Å². The number of hydrogen-bond acceptors (Lipinski definition) is 4. The van der Waals surface area contributed by atoms with Crippen molar-refractivity contribution in [1.29, 1.82) is 0 Å². The predicted molar refractivity (Wildman–Crippen MR) is 55.1 cm³/mol. The number of imidazole rings is 2. The van der Waals surface area contributed by atoms with E-state index < -0.39 is 0 Å². The summed E-state index contributed by atoms with van der Waals surface area (Å²) in [4.78, 5) is 14.0. The summed E-state index contributed by atoms with van der Waals surface area (Å²) in [6.07, 6.45) is 4.61. The first-order valence-corrected chi connectivity index (χ1v) is 4.71. The van der Waals surface area contributed by atoms with Crippen molar-refractivity contribution >= 4 is 5.82 Å². The van der Waals surface area contributed by atoms with E-state index in [9.17, 15) is 0 Å². The summed E-state index contributed by atoms with van der Waals surface area (Å²) in [7, 11) is 0. The summed E-state index contributed by atoms with van der Waals surface area (Å²) in [6, 6.07) is 0. The number of hydrogen-bond donors (Lipinski definition) is 3. The molecule has 2 heterocycles. The van der Waals surface area contributed by atoms with Gasteiger partial charge < -0.3 is 20.4 Å². The zero-order valence-corrected chi connectivity index (χ0v) is 8.40. The fraction of sp³-hybridized carbons (Fsp3) is 0.333. The molecule has 0 aliphatic carbocycles. The second-order valence-corrected chi connectivity index (χ2v) is 3.07. The van der Waals surface area contributed by atoms with E-state index in [1.54, 1.807) is 18.7 Å². The minimum absolute atomic E-state index is 0.269. The second kappa shape index (κ2) is 4.14. The number of aromatic nitrogens is 4. The third-order valence-corrected chi connectivity index (χ3v) is 2.00. The van der Waals surface area contributed by atoms with E-state index in [1.165, 1.54) is 0 Å². The van der Waals surface area contributed by atoms with Crippen LogP contribution in [0.3, 0.4) is 0 Å². The molecule has 0 aliphatic rings. The van der Waals surface area contributed by atoms with Crippen molar-refractivity contribution in [2.75, 3.05) is 12.3 Å². The lowest BCUT2D eigenvalue weighted by Gasteiger charge is -2.12. The number of aromatic amines is 2. The molecule has 15 heavy (non-hydrogen) atoms. The summed E-state index contributed by atoms with van der Waals surface area (Å²) >= 11 is 0. The quantitative estimate of drug-likeness (QED) is 0.692. The summed E-state index contributed by atoms with van der Waals surface area (Å²) in [5, 5.41) is 0. The Kier molecular flexibility index (Phi) is 2.68. The van der Waals surface area contributed by atoms with Crippen molar-refractivity contribution in [2.45, 2.75) is 13.0 Å². The number of rotatable bonds is 4. The van der Waals surface area contributed by atoms with Gasteiger partial charge in [-0.2, -0.15) is 0 Å². The molecule has 0 radical (unpaired) electrons. The van der Waals surface area contributed by atoms with Gasteiger partial charge in [-0.25, -0.2) is 9.97 Å². The maximum Gasteiger partial charge on any atom is 0.156 e. The first kappa shape index (κ1) is 9.72. The normalized spacial score (nSPS) is 12.9. The van der Waals surface area contributed by atoms with E-state index in [0.717, 1.165) is 5.69 Å². The molecule has 6 heteroatoms. The molecule has 0 amide bonds. The topological polar surface area (TPSA) is 92.6 Å².